The molecule has 4 nitrogen and oxygen atoms in total. The molecule has 24 heavy (non-hydrogen) atoms. The fraction of sp³-hybridized carbons (Fsp3) is 0.632. The van der Waals surface area contributed by atoms with Crippen LogP contribution in [0.15, 0.2) is 18.2 Å². The smallest absolute Gasteiger partial charge is 0.226 e. The Bertz CT molecular complexity index is 577. The van der Waals surface area contributed by atoms with Crippen molar-refractivity contribution in [3.63, 3.8) is 0 Å². The van der Waals surface area contributed by atoms with E-state index in [0.717, 1.165) is 69.9 Å². The fourth-order valence-corrected chi connectivity index (χ4v) is 4.10. The number of phenolic OH excluding ortho intramolecular Hbond substituents is 1. The summed E-state index contributed by atoms with van der Waals surface area (Å²) in [7, 11) is 0. The predicted octanol–water partition coefficient (Wildman–Crippen LogP) is 2.10. The number of likely N-dealkylation sites (tertiary alicyclic amines) is 2. The number of amides is 1. The maximum Gasteiger partial charge on any atom is 0.226 e. The van der Waals surface area contributed by atoms with Gasteiger partial charge < -0.3 is 14.9 Å². The molecule has 0 aliphatic carbocycles. The molecule has 2 saturated heterocycles. The van der Waals surface area contributed by atoms with Crippen LogP contribution in [0.1, 0.15) is 38.2 Å². The van der Waals surface area contributed by atoms with Crippen LogP contribution < -0.4 is 4.90 Å². The molecule has 1 aromatic rings. The quantitative estimate of drug-likeness (QED) is 0.876. The highest BCUT2D eigenvalue weighted by Crippen LogP contribution is 2.22. The van der Waals surface area contributed by atoms with E-state index in [4.69, 9.17) is 11.6 Å². The van der Waals surface area contributed by atoms with Crippen molar-refractivity contribution in [1.29, 1.82) is 0 Å². The van der Waals surface area contributed by atoms with Crippen molar-refractivity contribution in [3.8, 4) is 5.75 Å². The van der Waals surface area contributed by atoms with Crippen molar-refractivity contribution in [3.05, 3.63) is 28.8 Å². The number of carbonyl (C=O) groups excluding carboxylic acids is 1. The Morgan fingerprint density at radius 2 is 1.92 bits per heavy atom. The highest BCUT2D eigenvalue weighted by atomic mass is 35.5. The number of nitrogens with one attached hydrogen (secondary N) is 1. The van der Waals surface area contributed by atoms with Crippen molar-refractivity contribution >= 4 is 17.5 Å². The molecule has 2 N–H and O–H groups in total. The summed E-state index contributed by atoms with van der Waals surface area (Å²) < 4.78 is 0. The van der Waals surface area contributed by atoms with Crippen LogP contribution in [0.5, 0.6) is 5.75 Å². The van der Waals surface area contributed by atoms with Crippen molar-refractivity contribution < 1.29 is 14.8 Å². The van der Waals surface area contributed by atoms with E-state index in [-0.39, 0.29) is 5.92 Å². The number of aromatic hydroxyl groups is 1. The lowest BCUT2D eigenvalue weighted by atomic mass is 9.92. The first kappa shape index (κ1) is 17.6. The third-order valence-electron chi connectivity index (χ3n) is 5.62. The number of benzene rings is 1. The molecule has 1 aromatic carbocycles. The largest absolute Gasteiger partial charge is 0.507 e. The molecule has 2 aliphatic heterocycles. The Labute approximate surface area is 149 Å². The summed E-state index contributed by atoms with van der Waals surface area (Å²) in [5, 5.41) is 10.6. The maximum absolute atomic E-state index is 12.7. The summed E-state index contributed by atoms with van der Waals surface area (Å²) in [5.74, 6) is 1.62. The van der Waals surface area contributed by atoms with Crippen LogP contribution in [-0.2, 0) is 11.3 Å². The lowest BCUT2D eigenvalue weighted by molar-refractivity contribution is -0.919. The molecule has 0 saturated carbocycles. The van der Waals surface area contributed by atoms with Gasteiger partial charge in [-0.15, -0.1) is 0 Å². The molecule has 0 spiro atoms. The van der Waals surface area contributed by atoms with Gasteiger partial charge >= 0.3 is 0 Å². The van der Waals surface area contributed by atoms with Gasteiger partial charge in [0.15, 0.2) is 0 Å². The SMILES string of the molecule is CC1CCN(C(=O)C2CC[NH+](Cc3cc(Cl)ccc3O)CC2)CC1. The van der Waals surface area contributed by atoms with Crippen LogP contribution >= 0.6 is 11.6 Å². The lowest BCUT2D eigenvalue weighted by Crippen LogP contribution is -3.11. The summed E-state index contributed by atoms with van der Waals surface area (Å²) in [5.41, 5.74) is 0.896. The topological polar surface area (TPSA) is 45.0 Å². The fourth-order valence-electron chi connectivity index (χ4n) is 3.90. The molecular formula is C19H28ClN2O2+. The highest BCUT2D eigenvalue weighted by molar-refractivity contribution is 6.30. The zero-order valence-electron chi connectivity index (χ0n) is 14.4. The Balaban J connectivity index is 1.50. The Morgan fingerprint density at radius 3 is 2.58 bits per heavy atom. The van der Waals surface area contributed by atoms with Gasteiger partial charge in [-0.2, -0.15) is 0 Å². The standard InChI is InChI=1S/C19H27ClN2O2/c1-14-4-10-22(11-5-14)19(24)15-6-8-21(9-7-15)13-16-12-17(20)2-3-18(16)23/h2-3,12,14-15,23H,4-11,13H2,1H3/p+1. The van der Waals surface area contributed by atoms with Gasteiger partial charge in [-0.25, -0.2) is 0 Å². The lowest BCUT2D eigenvalue weighted by Gasteiger charge is -2.35. The monoisotopic (exact) mass is 351 g/mol. The van der Waals surface area contributed by atoms with Crippen LogP contribution in [-0.4, -0.2) is 42.1 Å². The van der Waals surface area contributed by atoms with Crippen molar-refractivity contribution in [1.82, 2.24) is 4.90 Å². The van der Waals surface area contributed by atoms with Crippen LogP contribution in [0.4, 0.5) is 0 Å². The molecule has 5 heteroatoms. The van der Waals surface area contributed by atoms with E-state index in [1.165, 1.54) is 4.90 Å². The van der Waals surface area contributed by atoms with Gasteiger partial charge in [-0.3, -0.25) is 4.79 Å². The van der Waals surface area contributed by atoms with Gasteiger partial charge in [0.1, 0.15) is 12.3 Å². The van der Waals surface area contributed by atoms with E-state index < -0.39 is 0 Å². The normalized spacial score (nSPS) is 25.7. The van der Waals surface area contributed by atoms with Crippen LogP contribution in [0.25, 0.3) is 0 Å². The molecule has 0 atom stereocenters. The number of carbonyl (C=O) groups is 1. The Hall–Kier alpha value is -1.26. The summed E-state index contributed by atoms with van der Waals surface area (Å²) >= 11 is 6.02. The number of rotatable bonds is 3. The molecule has 2 heterocycles. The van der Waals surface area contributed by atoms with Gasteiger partial charge in [0, 0.05) is 42.4 Å². The van der Waals surface area contributed by atoms with Crippen molar-refractivity contribution in [2.24, 2.45) is 11.8 Å². The Morgan fingerprint density at radius 1 is 1.25 bits per heavy atom. The number of phenols is 1. The molecule has 1 amide bonds. The summed E-state index contributed by atoms with van der Waals surface area (Å²) in [6.45, 7) is 6.87. The average Bonchev–Trinajstić information content (AvgIpc) is 2.59. The van der Waals surface area contributed by atoms with Crippen LogP contribution in [0, 0.1) is 11.8 Å². The van der Waals surface area contributed by atoms with Gasteiger partial charge in [-0.05, 0) is 37.0 Å². The van der Waals surface area contributed by atoms with Gasteiger partial charge in [0.05, 0.1) is 13.1 Å². The average molecular weight is 352 g/mol. The first-order valence-electron chi connectivity index (χ1n) is 9.12. The summed E-state index contributed by atoms with van der Waals surface area (Å²) in [6.07, 6.45) is 4.18. The molecule has 2 aliphatic rings. The minimum absolute atomic E-state index is 0.190. The predicted molar refractivity (Wildman–Crippen MR) is 95.2 cm³/mol. The number of halogens is 1. The van der Waals surface area contributed by atoms with E-state index in [1.54, 1.807) is 12.1 Å². The second-order valence-corrected chi connectivity index (χ2v) is 7.92. The van der Waals surface area contributed by atoms with Crippen molar-refractivity contribution in [2.45, 2.75) is 39.2 Å². The van der Waals surface area contributed by atoms with E-state index >= 15 is 0 Å². The third kappa shape index (κ3) is 4.22. The minimum atomic E-state index is 0.190. The number of hydrogen-bond acceptors (Lipinski definition) is 2. The van der Waals surface area contributed by atoms with Crippen LogP contribution in [0.3, 0.4) is 0 Å². The second kappa shape index (κ2) is 7.75. The zero-order valence-corrected chi connectivity index (χ0v) is 15.2. The minimum Gasteiger partial charge on any atom is -0.507 e. The third-order valence-corrected chi connectivity index (χ3v) is 5.85. The first-order chi connectivity index (χ1) is 11.5. The number of nitrogens with zero attached hydrogens (tertiary/aromatic N) is 1. The van der Waals surface area contributed by atoms with E-state index in [9.17, 15) is 9.90 Å². The highest BCUT2D eigenvalue weighted by Gasteiger charge is 2.32. The molecule has 132 valence electrons. The number of hydrogen-bond donors (Lipinski definition) is 2. The molecule has 0 radical (unpaired) electrons. The van der Waals surface area contributed by atoms with Gasteiger partial charge in [0.2, 0.25) is 5.91 Å². The molecular weight excluding hydrogens is 324 g/mol. The summed E-state index contributed by atoms with van der Waals surface area (Å²) in [6, 6.07) is 5.21. The van der Waals surface area contributed by atoms with Gasteiger partial charge in [0.25, 0.3) is 0 Å². The molecule has 0 aromatic heterocycles. The van der Waals surface area contributed by atoms with E-state index in [0.29, 0.717) is 16.7 Å². The second-order valence-electron chi connectivity index (χ2n) is 7.48. The van der Waals surface area contributed by atoms with Crippen LogP contribution in [0.2, 0.25) is 5.02 Å². The summed E-state index contributed by atoms with van der Waals surface area (Å²) in [4.78, 5) is 16.2. The zero-order chi connectivity index (χ0) is 17.1. The van der Waals surface area contributed by atoms with Crippen molar-refractivity contribution in [2.75, 3.05) is 26.2 Å². The molecule has 0 bridgehead atoms. The Kier molecular flexibility index (Phi) is 5.67. The molecule has 0 unspecified atom stereocenters. The number of quaternary nitrogens is 1. The molecule has 2 fully saturated rings. The first-order valence-corrected chi connectivity index (χ1v) is 9.50. The van der Waals surface area contributed by atoms with Gasteiger partial charge in [-0.1, -0.05) is 18.5 Å². The maximum atomic E-state index is 12.7. The number of piperidine rings is 2. The van der Waals surface area contributed by atoms with E-state index in [2.05, 4.69) is 11.8 Å². The van der Waals surface area contributed by atoms with E-state index in [1.807, 2.05) is 6.07 Å². The molecule has 3 rings (SSSR count).